The molecule has 0 aliphatic carbocycles. The number of thiophene rings is 1. The fourth-order valence-corrected chi connectivity index (χ4v) is 4.62. The molecule has 0 spiro atoms. The van der Waals surface area contributed by atoms with E-state index in [1.165, 1.54) is 4.88 Å². The van der Waals surface area contributed by atoms with Gasteiger partial charge < -0.3 is 15.5 Å². The Morgan fingerprint density at radius 3 is 2.52 bits per heavy atom. The number of carbonyl (C=O) groups is 3. The molecule has 0 radical (unpaired) electrons. The van der Waals surface area contributed by atoms with Crippen molar-refractivity contribution in [3.63, 3.8) is 0 Å². The van der Waals surface area contributed by atoms with Gasteiger partial charge in [0.05, 0.1) is 0 Å². The van der Waals surface area contributed by atoms with Crippen LogP contribution in [0.15, 0.2) is 41.8 Å². The average Bonchev–Trinajstić information content (AvgIpc) is 3.32. The fourth-order valence-electron chi connectivity index (χ4n) is 3.87. The molecular formula is C26H35N3O3S. The van der Waals surface area contributed by atoms with Gasteiger partial charge in [0.15, 0.2) is 0 Å². The van der Waals surface area contributed by atoms with E-state index in [9.17, 15) is 14.4 Å². The Hall–Kier alpha value is -2.67. The maximum Gasteiger partial charge on any atom is 0.253 e. The number of hydrogen-bond donors (Lipinski definition) is 2. The molecule has 0 bridgehead atoms. The van der Waals surface area contributed by atoms with Crippen molar-refractivity contribution in [1.82, 2.24) is 10.2 Å². The highest BCUT2D eigenvalue weighted by atomic mass is 32.1. The third kappa shape index (κ3) is 7.42. The van der Waals surface area contributed by atoms with Gasteiger partial charge in [0.1, 0.15) is 0 Å². The van der Waals surface area contributed by atoms with Crippen LogP contribution in [0.5, 0.6) is 0 Å². The summed E-state index contributed by atoms with van der Waals surface area (Å²) in [6, 6.07) is 11.4. The number of piperidine rings is 1. The fraction of sp³-hybridized carbons (Fsp3) is 0.500. The molecular weight excluding hydrogens is 434 g/mol. The zero-order chi connectivity index (χ0) is 23.8. The zero-order valence-electron chi connectivity index (χ0n) is 19.8. The number of aryl methyl sites for hydroxylation is 1. The van der Waals surface area contributed by atoms with Crippen molar-refractivity contribution in [2.24, 2.45) is 11.8 Å². The summed E-state index contributed by atoms with van der Waals surface area (Å²) in [5.41, 5.74) is 1.20. The van der Waals surface area contributed by atoms with E-state index < -0.39 is 0 Å². The molecule has 1 unspecified atom stereocenters. The second-order valence-corrected chi connectivity index (χ2v) is 10.2. The molecule has 178 valence electrons. The quantitative estimate of drug-likeness (QED) is 0.558. The lowest BCUT2D eigenvalue weighted by molar-refractivity contribution is -0.127. The molecule has 1 aliphatic heterocycles. The Labute approximate surface area is 200 Å². The maximum atomic E-state index is 13.0. The minimum atomic E-state index is -0.0572. The van der Waals surface area contributed by atoms with Crippen molar-refractivity contribution in [3.05, 3.63) is 52.2 Å². The van der Waals surface area contributed by atoms with Crippen molar-refractivity contribution in [2.75, 3.05) is 18.4 Å². The maximum absolute atomic E-state index is 13.0. The van der Waals surface area contributed by atoms with E-state index in [1.807, 2.05) is 18.4 Å². The first kappa shape index (κ1) is 25.0. The summed E-state index contributed by atoms with van der Waals surface area (Å²) < 4.78 is 0. The van der Waals surface area contributed by atoms with Crippen molar-refractivity contribution < 1.29 is 14.4 Å². The van der Waals surface area contributed by atoms with Crippen molar-refractivity contribution in [1.29, 1.82) is 0 Å². The summed E-state index contributed by atoms with van der Waals surface area (Å²) in [5.74, 6) is 0.336. The molecule has 1 saturated heterocycles. The molecule has 0 saturated carbocycles. The van der Waals surface area contributed by atoms with E-state index in [0.717, 1.165) is 12.8 Å². The Balaban J connectivity index is 1.47. The second kappa shape index (κ2) is 12.0. The Bertz CT molecular complexity index is 934. The first-order valence-electron chi connectivity index (χ1n) is 11.9. The summed E-state index contributed by atoms with van der Waals surface area (Å²) in [6.45, 7) is 7.33. The Morgan fingerprint density at radius 2 is 1.85 bits per heavy atom. The highest BCUT2D eigenvalue weighted by Crippen LogP contribution is 2.21. The van der Waals surface area contributed by atoms with Gasteiger partial charge in [-0.15, -0.1) is 11.3 Å². The van der Waals surface area contributed by atoms with E-state index in [2.05, 4.69) is 30.5 Å². The SMILES string of the molecule is CC(C)C(C)NC(=O)C1CCN(C(=O)c2cccc(NC(=O)CCCc3cccs3)c2)CC1. The molecule has 2 N–H and O–H groups in total. The lowest BCUT2D eigenvalue weighted by Gasteiger charge is -2.32. The molecule has 1 aromatic heterocycles. The molecule has 3 rings (SSSR count). The lowest BCUT2D eigenvalue weighted by atomic mass is 9.94. The zero-order valence-corrected chi connectivity index (χ0v) is 20.6. The van der Waals surface area contributed by atoms with E-state index in [-0.39, 0.29) is 29.7 Å². The number of likely N-dealkylation sites (tertiary alicyclic amines) is 1. The van der Waals surface area contributed by atoms with Crippen LogP contribution in [0.2, 0.25) is 0 Å². The van der Waals surface area contributed by atoms with Crippen LogP contribution >= 0.6 is 11.3 Å². The van der Waals surface area contributed by atoms with Crippen LogP contribution in [0, 0.1) is 11.8 Å². The van der Waals surface area contributed by atoms with Gasteiger partial charge in [-0.3, -0.25) is 14.4 Å². The number of nitrogens with zero attached hydrogens (tertiary/aromatic N) is 1. The highest BCUT2D eigenvalue weighted by Gasteiger charge is 2.28. The van der Waals surface area contributed by atoms with Crippen LogP contribution in [0.4, 0.5) is 5.69 Å². The molecule has 2 aromatic rings. The van der Waals surface area contributed by atoms with Gasteiger partial charge in [0, 0.05) is 47.6 Å². The van der Waals surface area contributed by atoms with E-state index in [0.29, 0.717) is 49.5 Å². The molecule has 1 aliphatic rings. The molecule has 3 amide bonds. The van der Waals surface area contributed by atoms with Gasteiger partial charge in [-0.25, -0.2) is 0 Å². The van der Waals surface area contributed by atoms with Gasteiger partial charge in [0.25, 0.3) is 5.91 Å². The molecule has 6 nitrogen and oxygen atoms in total. The molecule has 1 aromatic carbocycles. The number of hydrogen-bond acceptors (Lipinski definition) is 4. The number of amides is 3. The standard InChI is InChI=1S/C26H35N3O3S/c1-18(2)19(3)27-25(31)20-12-14-29(15-13-20)26(32)21-7-4-8-22(17-21)28-24(30)11-5-9-23-10-6-16-33-23/h4,6-8,10,16-20H,5,9,11-15H2,1-3H3,(H,27,31)(H,28,30). The van der Waals surface area contributed by atoms with Crippen molar-refractivity contribution in [3.8, 4) is 0 Å². The number of nitrogens with one attached hydrogen (secondary N) is 2. The van der Waals surface area contributed by atoms with Crippen LogP contribution in [0.25, 0.3) is 0 Å². The topological polar surface area (TPSA) is 78.5 Å². The molecule has 1 atom stereocenters. The van der Waals surface area contributed by atoms with Crippen LogP contribution in [0.3, 0.4) is 0 Å². The van der Waals surface area contributed by atoms with Crippen molar-refractivity contribution in [2.45, 2.75) is 58.9 Å². The van der Waals surface area contributed by atoms with Crippen molar-refractivity contribution >= 4 is 34.7 Å². The number of rotatable bonds is 9. The third-order valence-corrected chi connectivity index (χ3v) is 7.26. The normalized spacial score (nSPS) is 15.3. The molecule has 1 fully saturated rings. The summed E-state index contributed by atoms with van der Waals surface area (Å²) >= 11 is 1.71. The average molecular weight is 470 g/mol. The predicted molar refractivity (Wildman–Crippen MR) is 133 cm³/mol. The van der Waals surface area contributed by atoms with Crippen LogP contribution < -0.4 is 10.6 Å². The molecule has 2 heterocycles. The minimum absolute atomic E-state index is 0.0430. The van der Waals surface area contributed by atoms with Crippen LogP contribution in [0.1, 0.15) is 61.7 Å². The summed E-state index contributed by atoms with van der Waals surface area (Å²) in [7, 11) is 0. The van der Waals surface area contributed by atoms with Gasteiger partial charge in [0.2, 0.25) is 11.8 Å². The number of benzene rings is 1. The van der Waals surface area contributed by atoms with E-state index >= 15 is 0 Å². The van der Waals surface area contributed by atoms with Gasteiger partial charge in [-0.2, -0.15) is 0 Å². The number of anilines is 1. The third-order valence-electron chi connectivity index (χ3n) is 6.32. The monoisotopic (exact) mass is 469 g/mol. The summed E-state index contributed by atoms with van der Waals surface area (Å²) in [6.07, 6.45) is 3.48. The second-order valence-electron chi connectivity index (χ2n) is 9.17. The first-order chi connectivity index (χ1) is 15.8. The Kier molecular flexibility index (Phi) is 9.06. The summed E-state index contributed by atoms with van der Waals surface area (Å²) in [4.78, 5) is 40.9. The van der Waals surface area contributed by atoms with E-state index in [1.54, 1.807) is 40.5 Å². The van der Waals surface area contributed by atoms with Crippen LogP contribution in [-0.4, -0.2) is 41.8 Å². The largest absolute Gasteiger partial charge is 0.353 e. The first-order valence-corrected chi connectivity index (χ1v) is 12.7. The lowest BCUT2D eigenvalue weighted by Crippen LogP contribution is -2.45. The van der Waals surface area contributed by atoms with Gasteiger partial charge >= 0.3 is 0 Å². The van der Waals surface area contributed by atoms with Crippen LogP contribution in [-0.2, 0) is 16.0 Å². The smallest absolute Gasteiger partial charge is 0.253 e. The highest BCUT2D eigenvalue weighted by molar-refractivity contribution is 7.09. The predicted octanol–water partition coefficient (Wildman–Crippen LogP) is 4.72. The summed E-state index contributed by atoms with van der Waals surface area (Å²) in [5, 5.41) is 8.05. The van der Waals surface area contributed by atoms with E-state index in [4.69, 9.17) is 0 Å². The number of carbonyl (C=O) groups excluding carboxylic acids is 3. The van der Waals surface area contributed by atoms with Gasteiger partial charge in [-0.1, -0.05) is 26.0 Å². The van der Waals surface area contributed by atoms with Gasteiger partial charge in [-0.05, 0) is 68.2 Å². The molecule has 33 heavy (non-hydrogen) atoms. The Morgan fingerprint density at radius 1 is 1.09 bits per heavy atom. The molecule has 7 heteroatoms. The minimum Gasteiger partial charge on any atom is -0.353 e.